The Morgan fingerprint density at radius 2 is 2.18 bits per heavy atom. The Morgan fingerprint density at radius 1 is 1.35 bits per heavy atom. The fourth-order valence-electron chi connectivity index (χ4n) is 1.24. The summed E-state index contributed by atoms with van der Waals surface area (Å²) in [4.78, 5) is 0. The predicted molar refractivity (Wildman–Crippen MR) is 63.4 cm³/mol. The van der Waals surface area contributed by atoms with E-state index in [0.717, 1.165) is 0 Å². The van der Waals surface area contributed by atoms with Crippen molar-refractivity contribution in [2.24, 2.45) is 10.2 Å². The zero-order valence-corrected chi connectivity index (χ0v) is 10.1. The molecule has 0 spiro atoms. The van der Waals surface area contributed by atoms with Gasteiger partial charge >= 0.3 is 5.95 Å². The number of hydrogen-bond donors (Lipinski definition) is 0. The topological polar surface area (TPSA) is 60.0 Å². The van der Waals surface area contributed by atoms with E-state index in [9.17, 15) is 0 Å². The molecule has 0 aliphatic heterocycles. The number of azo groups is 1. The van der Waals surface area contributed by atoms with Crippen molar-refractivity contribution in [1.29, 1.82) is 0 Å². The molecule has 0 bridgehead atoms. The van der Waals surface area contributed by atoms with Gasteiger partial charge in [0, 0.05) is 5.02 Å². The fourth-order valence-corrected chi connectivity index (χ4v) is 1.42. The molecular formula is C11H10ClN3O2. The van der Waals surface area contributed by atoms with Crippen LogP contribution in [0.2, 0.25) is 5.02 Å². The molecule has 1 aromatic heterocycles. The molecule has 0 fully saturated rings. The Hall–Kier alpha value is -1.88. The Morgan fingerprint density at radius 3 is 2.88 bits per heavy atom. The molecule has 0 saturated carbocycles. The molecule has 5 nitrogen and oxygen atoms in total. The van der Waals surface area contributed by atoms with Gasteiger partial charge < -0.3 is 9.26 Å². The number of halogens is 1. The number of aromatic nitrogens is 1. The monoisotopic (exact) mass is 251 g/mol. The van der Waals surface area contributed by atoms with Gasteiger partial charge in [-0.1, -0.05) is 22.8 Å². The van der Waals surface area contributed by atoms with Crippen LogP contribution >= 0.6 is 11.6 Å². The minimum Gasteiger partial charge on any atom is -0.465 e. The molecule has 0 saturated heterocycles. The molecule has 0 aliphatic rings. The molecule has 0 atom stereocenters. The summed E-state index contributed by atoms with van der Waals surface area (Å²) in [6.45, 7) is 1.76. The van der Waals surface area contributed by atoms with Crippen LogP contribution in [0, 0.1) is 6.92 Å². The summed E-state index contributed by atoms with van der Waals surface area (Å²) in [5.74, 6) is 0.244. The molecule has 0 radical (unpaired) electrons. The molecule has 1 heterocycles. The fraction of sp³-hybridized carbons (Fsp3) is 0.182. The van der Waals surface area contributed by atoms with E-state index in [0.29, 0.717) is 22.1 Å². The van der Waals surface area contributed by atoms with Crippen LogP contribution in [0.25, 0.3) is 0 Å². The first kappa shape index (κ1) is 11.6. The normalized spacial score (nSPS) is 11.0. The van der Waals surface area contributed by atoms with Crippen molar-refractivity contribution in [3.05, 3.63) is 35.0 Å². The summed E-state index contributed by atoms with van der Waals surface area (Å²) in [5, 5.41) is 12.4. The molecule has 0 unspecified atom stereocenters. The highest BCUT2D eigenvalue weighted by Crippen LogP contribution is 2.32. The van der Waals surface area contributed by atoms with E-state index in [-0.39, 0.29) is 5.95 Å². The minimum absolute atomic E-state index is 0.244. The third-order valence-corrected chi connectivity index (χ3v) is 2.30. The highest BCUT2D eigenvalue weighted by atomic mass is 35.5. The van der Waals surface area contributed by atoms with Crippen LogP contribution in [0.4, 0.5) is 11.4 Å². The van der Waals surface area contributed by atoms with Gasteiger partial charge in [0.2, 0.25) is 0 Å². The lowest BCUT2D eigenvalue weighted by molar-refractivity contribution is 0.260. The largest absolute Gasteiger partial charge is 0.465 e. The van der Waals surface area contributed by atoms with Gasteiger partial charge in [-0.05, 0) is 25.1 Å². The average molecular weight is 252 g/mol. The lowest BCUT2D eigenvalue weighted by Gasteiger charge is -1.94. The molecule has 17 heavy (non-hydrogen) atoms. The second kappa shape index (κ2) is 4.97. The average Bonchev–Trinajstić information content (AvgIpc) is 2.67. The minimum atomic E-state index is 0.244. The third kappa shape index (κ3) is 2.62. The third-order valence-electron chi connectivity index (χ3n) is 2.06. The Kier molecular flexibility index (Phi) is 3.39. The van der Waals surface area contributed by atoms with Gasteiger partial charge in [-0.3, -0.25) is 0 Å². The van der Waals surface area contributed by atoms with Crippen molar-refractivity contribution < 1.29 is 9.26 Å². The van der Waals surface area contributed by atoms with Crippen LogP contribution in [0.5, 0.6) is 5.95 Å². The van der Waals surface area contributed by atoms with E-state index in [1.165, 1.54) is 7.11 Å². The van der Waals surface area contributed by atoms with E-state index in [2.05, 4.69) is 15.4 Å². The van der Waals surface area contributed by atoms with Crippen molar-refractivity contribution in [2.45, 2.75) is 6.92 Å². The summed E-state index contributed by atoms with van der Waals surface area (Å²) in [6.07, 6.45) is 0. The number of ether oxygens (including phenoxy) is 1. The van der Waals surface area contributed by atoms with Crippen molar-refractivity contribution in [2.75, 3.05) is 7.11 Å². The van der Waals surface area contributed by atoms with E-state index in [4.69, 9.17) is 20.9 Å². The van der Waals surface area contributed by atoms with Crippen molar-refractivity contribution >= 4 is 23.0 Å². The Balaban J connectivity index is 2.28. The first-order valence-electron chi connectivity index (χ1n) is 4.88. The second-order valence-corrected chi connectivity index (χ2v) is 3.72. The molecular weight excluding hydrogens is 242 g/mol. The van der Waals surface area contributed by atoms with Crippen LogP contribution in [0.3, 0.4) is 0 Å². The standard InChI is InChI=1S/C11H10ClN3O2/c1-7-10(11(16-2)17-15-7)14-13-9-5-3-4-8(12)6-9/h3-6H,1-2H3. The van der Waals surface area contributed by atoms with Gasteiger partial charge in [0.05, 0.1) is 12.8 Å². The number of methoxy groups -OCH3 is 1. The van der Waals surface area contributed by atoms with Gasteiger partial charge in [0.1, 0.15) is 5.69 Å². The van der Waals surface area contributed by atoms with Crippen LogP contribution in [0.15, 0.2) is 39.0 Å². The Labute approximate surface area is 103 Å². The molecule has 1 aromatic carbocycles. The zero-order chi connectivity index (χ0) is 12.3. The van der Waals surface area contributed by atoms with Gasteiger partial charge in [0.25, 0.3) is 0 Å². The number of aryl methyl sites for hydroxylation is 1. The predicted octanol–water partition coefficient (Wildman–Crippen LogP) is 4.06. The van der Waals surface area contributed by atoms with Gasteiger partial charge in [-0.25, -0.2) is 0 Å². The van der Waals surface area contributed by atoms with Crippen LogP contribution in [-0.2, 0) is 0 Å². The van der Waals surface area contributed by atoms with Crippen LogP contribution in [0.1, 0.15) is 5.69 Å². The maximum atomic E-state index is 5.84. The maximum absolute atomic E-state index is 5.84. The lowest BCUT2D eigenvalue weighted by Crippen LogP contribution is -1.78. The van der Waals surface area contributed by atoms with Crippen molar-refractivity contribution in [3.8, 4) is 5.95 Å². The quantitative estimate of drug-likeness (QED) is 0.773. The molecule has 6 heteroatoms. The SMILES string of the molecule is COc1onc(C)c1N=Nc1cccc(Cl)c1. The summed E-state index contributed by atoms with van der Waals surface area (Å²) in [7, 11) is 1.48. The van der Waals surface area contributed by atoms with E-state index in [1.54, 1.807) is 31.2 Å². The first-order valence-corrected chi connectivity index (χ1v) is 5.26. The van der Waals surface area contributed by atoms with Gasteiger partial charge in [-0.15, -0.1) is 5.11 Å². The summed E-state index contributed by atoms with van der Waals surface area (Å²) in [5.41, 5.74) is 1.75. The number of nitrogens with zero attached hydrogens (tertiary/aromatic N) is 3. The highest BCUT2D eigenvalue weighted by Gasteiger charge is 2.12. The van der Waals surface area contributed by atoms with E-state index in [1.807, 2.05) is 0 Å². The summed E-state index contributed by atoms with van der Waals surface area (Å²) >= 11 is 5.84. The Bertz CT molecular complexity index is 551. The summed E-state index contributed by atoms with van der Waals surface area (Å²) < 4.78 is 9.87. The molecule has 2 aromatic rings. The smallest absolute Gasteiger partial charge is 0.339 e. The van der Waals surface area contributed by atoms with E-state index >= 15 is 0 Å². The highest BCUT2D eigenvalue weighted by molar-refractivity contribution is 6.30. The summed E-state index contributed by atoms with van der Waals surface area (Å²) in [6, 6.07) is 7.07. The zero-order valence-electron chi connectivity index (χ0n) is 9.35. The number of benzene rings is 1. The first-order chi connectivity index (χ1) is 8.20. The lowest BCUT2D eigenvalue weighted by atomic mass is 10.3. The molecule has 88 valence electrons. The second-order valence-electron chi connectivity index (χ2n) is 3.29. The molecule has 0 aliphatic carbocycles. The molecule has 0 amide bonds. The van der Waals surface area contributed by atoms with Crippen LogP contribution < -0.4 is 4.74 Å². The molecule has 0 N–H and O–H groups in total. The number of hydrogen-bond acceptors (Lipinski definition) is 5. The van der Waals surface area contributed by atoms with Gasteiger partial charge in [-0.2, -0.15) is 5.11 Å². The van der Waals surface area contributed by atoms with E-state index < -0.39 is 0 Å². The van der Waals surface area contributed by atoms with Crippen molar-refractivity contribution in [3.63, 3.8) is 0 Å². The van der Waals surface area contributed by atoms with Crippen LogP contribution in [-0.4, -0.2) is 12.3 Å². The van der Waals surface area contributed by atoms with Gasteiger partial charge in [0.15, 0.2) is 5.69 Å². The van der Waals surface area contributed by atoms with Crippen molar-refractivity contribution in [1.82, 2.24) is 5.16 Å². The molecule has 2 rings (SSSR count). The number of rotatable bonds is 3. The maximum Gasteiger partial charge on any atom is 0.339 e.